The summed E-state index contributed by atoms with van der Waals surface area (Å²) < 4.78 is 0. The first kappa shape index (κ1) is 21.7. The van der Waals surface area contributed by atoms with E-state index in [2.05, 4.69) is 41.5 Å². The number of rotatable bonds is 0. The van der Waals surface area contributed by atoms with Crippen molar-refractivity contribution in [3.8, 4) is 0 Å². The lowest BCUT2D eigenvalue weighted by molar-refractivity contribution is -0.337. The fraction of sp³-hybridized carbons (Fsp3) is 1.00. The second-order valence-corrected chi connectivity index (χ2v) is 13.6. The Balaban J connectivity index is 1.52. The summed E-state index contributed by atoms with van der Waals surface area (Å²) in [4.78, 5) is 12.2. The first-order valence-electron chi connectivity index (χ1n) is 13.4. The molecule has 1 heterocycles. The second-order valence-electron chi connectivity index (χ2n) is 13.6. The average molecular weight is 417 g/mol. The van der Waals surface area contributed by atoms with E-state index in [1.165, 1.54) is 70.6 Å². The molecule has 0 spiro atoms. The van der Waals surface area contributed by atoms with Crippen LogP contribution < -0.4 is 0 Å². The monoisotopic (exact) mass is 416 g/mol. The smallest absolute Gasteiger partial charge is 0.0971 e. The maximum atomic E-state index is 6.29. The van der Waals surface area contributed by atoms with Gasteiger partial charge in [0, 0.05) is 0 Å². The first-order chi connectivity index (χ1) is 14.2. The van der Waals surface area contributed by atoms with E-state index in [1.54, 1.807) is 0 Å². The molecule has 0 amide bonds. The SMILES string of the molecule is C[C@H]1CC[C@@H](C)[C@H]2[C@H](C[C@@]3(C)[C@@H]4CC[C@@H]5CCCC[C@]5(C)[C@@]4(C)CC[C@]23C)OOC1. The maximum absolute atomic E-state index is 6.29. The van der Waals surface area contributed by atoms with Gasteiger partial charge in [-0.15, -0.1) is 0 Å². The molecule has 0 unspecified atom stereocenters. The molecule has 172 valence electrons. The lowest BCUT2D eigenvalue weighted by atomic mass is 9.35. The fourth-order valence-electron chi connectivity index (χ4n) is 10.4. The third-order valence-corrected chi connectivity index (χ3v) is 12.5. The molecular formula is C28H48O2. The van der Waals surface area contributed by atoms with E-state index in [0.717, 1.165) is 24.4 Å². The van der Waals surface area contributed by atoms with Gasteiger partial charge in [0.15, 0.2) is 0 Å². The molecule has 10 atom stereocenters. The molecule has 0 bridgehead atoms. The van der Waals surface area contributed by atoms with Crippen molar-refractivity contribution >= 4 is 0 Å². The van der Waals surface area contributed by atoms with E-state index in [9.17, 15) is 0 Å². The van der Waals surface area contributed by atoms with Crippen LogP contribution in [0.1, 0.15) is 112 Å². The van der Waals surface area contributed by atoms with Crippen molar-refractivity contribution in [3.05, 3.63) is 0 Å². The van der Waals surface area contributed by atoms with Crippen molar-refractivity contribution in [2.45, 2.75) is 118 Å². The van der Waals surface area contributed by atoms with Crippen molar-refractivity contribution in [2.24, 2.45) is 51.2 Å². The van der Waals surface area contributed by atoms with Crippen LogP contribution in [0.4, 0.5) is 0 Å². The summed E-state index contributed by atoms with van der Waals surface area (Å²) >= 11 is 0. The zero-order valence-electron chi connectivity index (χ0n) is 20.8. The van der Waals surface area contributed by atoms with Gasteiger partial charge in [0.2, 0.25) is 0 Å². The van der Waals surface area contributed by atoms with Crippen LogP contribution in [0.2, 0.25) is 0 Å². The summed E-state index contributed by atoms with van der Waals surface area (Å²) in [6.45, 7) is 16.4. The van der Waals surface area contributed by atoms with E-state index >= 15 is 0 Å². The topological polar surface area (TPSA) is 18.5 Å². The molecule has 2 nitrogen and oxygen atoms in total. The minimum atomic E-state index is 0.291. The molecule has 5 rings (SSSR count). The van der Waals surface area contributed by atoms with E-state index < -0.39 is 0 Å². The van der Waals surface area contributed by atoms with Gasteiger partial charge in [-0.2, -0.15) is 0 Å². The Morgan fingerprint density at radius 2 is 1.47 bits per heavy atom. The average Bonchev–Trinajstić information content (AvgIpc) is 2.96. The highest BCUT2D eigenvalue weighted by Gasteiger charge is 2.71. The second kappa shape index (κ2) is 7.21. The van der Waals surface area contributed by atoms with E-state index in [0.29, 0.717) is 39.6 Å². The van der Waals surface area contributed by atoms with Crippen molar-refractivity contribution in [3.63, 3.8) is 0 Å². The largest absolute Gasteiger partial charge is 0.236 e. The van der Waals surface area contributed by atoms with Crippen LogP contribution in [0.5, 0.6) is 0 Å². The van der Waals surface area contributed by atoms with E-state index in [-0.39, 0.29) is 0 Å². The summed E-state index contributed by atoms with van der Waals surface area (Å²) in [6.07, 6.45) is 15.8. The van der Waals surface area contributed by atoms with Crippen molar-refractivity contribution in [1.29, 1.82) is 0 Å². The third kappa shape index (κ3) is 2.74. The Kier molecular flexibility index (Phi) is 5.23. The van der Waals surface area contributed by atoms with Gasteiger partial charge >= 0.3 is 0 Å². The highest BCUT2D eigenvalue weighted by Crippen LogP contribution is 2.77. The standard InChI is InChI=1S/C28H48O2/c1-19-10-11-20(2)24-22(30-29-18-19)17-28(6)23-13-12-21-9-7-8-14-25(21,3)26(23,4)15-16-27(24,28)5/h19-24H,7-18H2,1-6H3/t19-,20+,21-,22-,23+,24-,25-,26-,27+,28-/m0/s1. The van der Waals surface area contributed by atoms with E-state index in [1.807, 2.05) is 0 Å². The van der Waals surface area contributed by atoms with Crippen molar-refractivity contribution in [1.82, 2.24) is 0 Å². The Morgan fingerprint density at radius 3 is 2.27 bits per heavy atom. The van der Waals surface area contributed by atoms with Crippen LogP contribution >= 0.6 is 0 Å². The minimum Gasteiger partial charge on any atom is -0.236 e. The van der Waals surface area contributed by atoms with Crippen molar-refractivity contribution < 1.29 is 9.78 Å². The van der Waals surface area contributed by atoms with E-state index in [4.69, 9.17) is 9.78 Å². The Labute approximate surface area is 186 Å². The van der Waals surface area contributed by atoms with Gasteiger partial charge in [-0.05, 0) is 109 Å². The normalized spacial score (nSPS) is 59.0. The molecule has 4 aliphatic carbocycles. The predicted molar refractivity (Wildman–Crippen MR) is 123 cm³/mol. The maximum Gasteiger partial charge on any atom is 0.0971 e. The van der Waals surface area contributed by atoms with Crippen LogP contribution in [0.25, 0.3) is 0 Å². The zero-order valence-corrected chi connectivity index (χ0v) is 20.8. The summed E-state index contributed by atoms with van der Waals surface area (Å²) in [5.41, 5.74) is 1.81. The summed E-state index contributed by atoms with van der Waals surface area (Å²) in [5.74, 6) is 3.81. The van der Waals surface area contributed by atoms with Gasteiger partial charge in [0.25, 0.3) is 0 Å². The molecule has 30 heavy (non-hydrogen) atoms. The van der Waals surface area contributed by atoms with Crippen LogP contribution in [0, 0.1) is 51.2 Å². The van der Waals surface area contributed by atoms with Crippen LogP contribution in [0.15, 0.2) is 0 Å². The molecule has 0 aromatic carbocycles. The lowest BCUT2D eigenvalue weighted by Gasteiger charge is -2.70. The molecule has 0 radical (unpaired) electrons. The van der Waals surface area contributed by atoms with Crippen molar-refractivity contribution in [2.75, 3.05) is 6.61 Å². The van der Waals surface area contributed by atoms with Gasteiger partial charge in [0.1, 0.15) is 0 Å². The molecule has 0 aromatic rings. The quantitative estimate of drug-likeness (QED) is 0.375. The van der Waals surface area contributed by atoms with Gasteiger partial charge in [-0.3, -0.25) is 0 Å². The van der Waals surface area contributed by atoms with Gasteiger partial charge in [0.05, 0.1) is 12.7 Å². The summed E-state index contributed by atoms with van der Waals surface area (Å²) in [5, 5.41) is 0. The number of hydrogen-bond acceptors (Lipinski definition) is 2. The fourth-order valence-corrected chi connectivity index (χ4v) is 10.4. The molecule has 4 saturated carbocycles. The molecule has 1 saturated heterocycles. The molecule has 2 heteroatoms. The molecule has 5 aliphatic rings. The zero-order chi connectivity index (χ0) is 21.4. The molecular weight excluding hydrogens is 368 g/mol. The highest BCUT2D eigenvalue weighted by molar-refractivity contribution is 5.20. The molecule has 0 N–H and O–H groups in total. The Bertz CT molecular complexity index is 661. The Hall–Kier alpha value is -0.0800. The third-order valence-electron chi connectivity index (χ3n) is 12.5. The number of hydrogen-bond donors (Lipinski definition) is 0. The predicted octanol–water partition coefficient (Wildman–Crippen LogP) is 7.81. The molecule has 5 fully saturated rings. The van der Waals surface area contributed by atoms with Crippen LogP contribution in [-0.4, -0.2) is 12.7 Å². The molecule has 1 aliphatic heterocycles. The van der Waals surface area contributed by atoms with Gasteiger partial charge in [-0.1, -0.05) is 54.4 Å². The lowest BCUT2D eigenvalue weighted by Crippen LogP contribution is -2.62. The van der Waals surface area contributed by atoms with Gasteiger partial charge in [-0.25, -0.2) is 9.78 Å². The summed E-state index contributed by atoms with van der Waals surface area (Å²) in [7, 11) is 0. The van der Waals surface area contributed by atoms with Gasteiger partial charge < -0.3 is 0 Å². The summed E-state index contributed by atoms with van der Waals surface area (Å²) in [6, 6.07) is 0. The number of fused-ring (bicyclic) bond motifs is 7. The van der Waals surface area contributed by atoms with Crippen LogP contribution in [0.3, 0.4) is 0 Å². The highest BCUT2D eigenvalue weighted by atomic mass is 17.2. The molecule has 0 aromatic heterocycles. The minimum absolute atomic E-state index is 0.291. The first-order valence-corrected chi connectivity index (χ1v) is 13.4. The Morgan fingerprint density at radius 1 is 0.700 bits per heavy atom. The van der Waals surface area contributed by atoms with Crippen LogP contribution in [-0.2, 0) is 9.78 Å².